The van der Waals surface area contributed by atoms with Crippen LogP contribution in [0.1, 0.15) is 96.5 Å². The summed E-state index contributed by atoms with van der Waals surface area (Å²) in [5.74, 6) is 0.986. The zero-order chi connectivity index (χ0) is 22.0. The predicted molar refractivity (Wildman–Crippen MR) is 130 cm³/mol. The van der Waals surface area contributed by atoms with Gasteiger partial charge in [0.15, 0.2) is 0 Å². The summed E-state index contributed by atoms with van der Waals surface area (Å²) in [5, 5.41) is 3.67. The number of amides is 1. The lowest BCUT2D eigenvalue weighted by molar-refractivity contribution is -0.141. The number of nitrogens with one attached hydrogen (secondary N) is 1. The average Bonchev–Trinajstić information content (AvgIpc) is 2.67. The third-order valence-corrected chi connectivity index (χ3v) is 8.06. The molecule has 2 nitrogen and oxygen atoms in total. The summed E-state index contributed by atoms with van der Waals surface area (Å²) in [6.07, 6.45) is 20.4. The van der Waals surface area contributed by atoms with Crippen molar-refractivity contribution in [1.29, 1.82) is 0 Å². The summed E-state index contributed by atoms with van der Waals surface area (Å²) < 4.78 is 0. The van der Waals surface area contributed by atoms with E-state index in [2.05, 4.69) is 74.7 Å². The molecule has 4 fully saturated rings. The topological polar surface area (TPSA) is 29.1 Å². The Hall–Kier alpha value is -1.83. The second kappa shape index (κ2) is 8.96. The molecular weight excluding hydrogens is 378 g/mol. The molecule has 4 aliphatic carbocycles. The van der Waals surface area contributed by atoms with Gasteiger partial charge in [-0.1, -0.05) is 68.5 Å². The van der Waals surface area contributed by atoms with Crippen LogP contribution in [0.15, 0.2) is 54.6 Å². The third kappa shape index (κ3) is 5.16. The van der Waals surface area contributed by atoms with Crippen LogP contribution in [0, 0.1) is 16.7 Å². The highest BCUT2D eigenvalue weighted by Gasteiger charge is 2.60. The number of allylic oxidation sites excluding steroid dienone is 4. The monoisotopic (exact) mass is 419 g/mol. The number of unbranched alkanes of at least 4 members (excludes halogenated alkanes) is 1. The van der Waals surface area contributed by atoms with E-state index >= 15 is 0 Å². The van der Waals surface area contributed by atoms with Gasteiger partial charge < -0.3 is 5.32 Å². The summed E-state index contributed by atoms with van der Waals surface area (Å²) in [5.41, 5.74) is 2.01. The first-order valence-electron chi connectivity index (χ1n) is 12.5. The number of hydrogen-bond acceptors (Lipinski definition) is 1. The van der Waals surface area contributed by atoms with E-state index in [4.69, 9.17) is 0 Å². The van der Waals surface area contributed by atoms with Gasteiger partial charge in [-0.05, 0) is 93.4 Å². The van der Waals surface area contributed by atoms with E-state index < -0.39 is 0 Å². The molecule has 0 radical (unpaired) electrons. The number of hydrogen-bond donors (Lipinski definition) is 1. The van der Waals surface area contributed by atoms with Crippen LogP contribution >= 0.6 is 0 Å². The van der Waals surface area contributed by atoms with E-state index in [0.717, 1.165) is 37.2 Å². The minimum absolute atomic E-state index is 0.0232. The number of carbonyl (C=O) groups is 1. The number of carbonyl (C=O) groups excluding carboxylic acids is 1. The van der Waals surface area contributed by atoms with Crippen molar-refractivity contribution < 1.29 is 4.79 Å². The van der Waals surface area contributed by atoms with Crippen molar-refractivity contribution in [3.8, 4) is 0 Å². The minimum atomic E-state index is -0.0602. The van der Waals surface area contributed by atoms with Crippen molar-refractivity contribution in [2.75, 3.05) is 0 Å². The van der Waals surface area contributed by atoms with Gasteiger partial charge in [0.2, 0.25) is 5.91 Å². The standard InChI is InChI=1S/C29H41NO/c1-4-5-6-7-8-9-13-16-25(24-14-11-10-12-15-24)26(31)30-29-19-23-17-27(2,21-29)20-28(3,18-23)22-29/h4-5,8-12,14-15,23,25H,6-7,13,16-22H2,1-3H3,(H,30,31)/b5-4-,9-8-. The Morgan fingerprint density at radius 3 is 2.26 bits per heavy atom. The molecule has 0 saturated heterocycles. The maximum atomic E-state index is 13.7. The molecule has 3 atom stereocenters. The Morgan fingerprint density at radius 1 is 0.968 bits per heavy atom. The maximum absolute atomic E-state index is 13.7. The smallest absolute Gasteiger partial charge is 0.227 e. The normalized spacial score (nSPS) is 35.1. The molecule has 0 aromatic heterocycles. The van der Waals surface area contributed by atoms with Gasteiger partial charge in [0.25, 0.3) is 0 Å². The highest BCUT2D eigenvalue weighted by atomic mass is 16.2. The minimum Gasteiger partial charge on any atom is -0.350 e. The van der Waals surface area contributed by atoms with Crippen LogP contribution in [0.4, 0.5) is 0 Å². The molecule has 4 bridgehead atoms. The molecule has 4 saturated carbocycles. The lowest BCUT2D eigenvalue weighted by Gasteiger charge is -2.65. The molecule has 1 N–H and O–H groups in total. The Balaban J connectivity index is 1.45. The maximum Gasteiger partial charge on any atom is 0.227 e. The average molecular weight is 420 g/mol. The third-order valence-electron chi connectivity index (χ3n) is 8.06. The van der Waals surface area contributed by atoms with E-state index in [1.54, 1.807) is 0 Å². The van der Waals surface area contributed by atoms with Crippen molar-refractivity contribution >= 4 is 5.91 Å². The largest absolute Gasteiger partial charge is 0.350 e. The molecule has 2 heteroatoms. The van der Waals surface area contributed by atoms with Crippen LogP contribution in [0.2, 0.25) is 0 Å². The van der Waals surface area contributed by atoms with Crippen molar-refractivity contribution in [2.24, 2.45) is 16.7 Å². The molecular formula is C29H41NO. The summed E-state index contributed by atoms with van der Waals surface area (Å²) in [6.45, 7) is 7.02. The van der Waals surface area contributed by atoms with Gasteiger partial charge in [-0.3, -0.25) is 4.79 Å². The van der Waals surface area contributed by atoms with Crippen LogP contribution in [-0.4, -0.2) is 11.4 Å². The highest BCUT2D eigenvalue weighted by molar-refractivity contribution is 5.84. The van der Waals surface area contributed by atoms with Crippen LogP contribution < -0.4 is 5.32 Å². The van der Waals surface area contributed by atoms with Gasteiger partial charge in [-0.2, -0.15) is 0 Å². The Morgan fingerprint density at radius 2 is 1.61 bits per heavy atom. The van der Waals surface area contributed by atoms with Crippen LogP contribution in [-0.2, 0) is 4.79 Å². The SMILES string of the molecule is C/C=C\CC/C=C\CCC(C(=O)NC12CC3CC(C)(CC(C)(C3)C1)C2)c1ccccc1. The fraction of sp³-hybridized carbons (Fsp3) is 0.621. The number of benzene rings is 1. The first-order valence-corrected chi connectivity index (χ1v) is 12.5. The Bertz CT molecular complexity index is 804. The van der Waals surface area contributed by atoms with Crippen molar-refractivity contribution in [1.82, 2.24) is 5.32 Å². The van der Waals surface area contributed by atoms with Gasteiger partial charge in [0, 0.05) is 5.54 Å². The molecule has 1 amide bonds. The van der Waals surface area contributed by atoms with E-state index in [1.165, 1.54) is 38.5 Å². The lowest BCUT2D eigenvalue weighted by atomic mass is 9.42. The highest BCUT2D eigenvalue weighted by Crippen LogP contribution is 2.66. The number of rotatable bonds is 9. The Kier molecular flexibility index (Phi) is 6.47. The summed E-state index contributed by atoms with van der Waals surface area (Å²) in [4.78, 5) is 13.7. The van der Waals surface area contributed by atoms with E-state index in [0.29, 0.717) is 10.8 Å². The molecule has 1 aromatic rings. The second-order valence-electron chi connectivity index (χ2n) is 11.6. The molecule has 4 aliphatic rings. The van der Waals surface area contributed by atoms with Crippen LogP contribution in [0.25, 0.3) is 0 Å². The van der Waals surface area contributed by atoms with Crippen molar-refractivity contribution in [3.63, 3.8) is 0 Å². The van der Waals surface area contributed by atoms with Crippen molar-refractivity contribution in [3.05, 3.63) is 60.2 Å². The molecule has 0 spiro atoms. The van der Waals surface area contributed by atoms with E-state index in [9.17, 15) is 4.79 Å². The summed E-state index contributed by atoms with van der Waals surface area (Å²) >= 11 is 0. The molecule has 1 aromatic carbocycles. The molecule has 0 aliphatic heterocycles. The zero-order valence-corrected chi connectivity index (χ0v) is 19.8. The van der Waals surface area contributed by atoms with E-state index in [-0.39, 0.29) is 17.4 Å². The van der Waals surface area contributed by atoms with Gasteiger partial charge in [0.1, 0.15) is 0 Å². The van der Waals surface area contributed by atoms with E-state index in [1.807, 2.05) is 6.07 Å². The fourth-order valence-electron chi connectivity index (χ4n) is 7.93. The quantitative estimate of drug-likeness (QED) is 0.329. The van der Waals surface area contributed by atoms with Crippen LogP contribution in [0.5, 0.6) is 0 Å². The summed E-state index contributed by atoms with van der Waals surface area (Å²) in [6, 6.07) is 10.4. The van der Waals surface area contributed by atoms with Gasteiger partial charge in [-0.15, -0.1) is 0 Å². The molecule has 31 heavy (non-hydrogen) atoms. The van der Waals surface area contributed by atoms with Crippen molar-refractivity contribution in [2.45, 2.75) is 96.4 Å². The van der Waals surface area contributed by atoms with Gasteiger partial charge >= 0.3 is 0 Å². The molecule has 5 rings (SSSR count). The first kappa shape index (κ1) is 22.4. The predicted octanol–water partition coefficient (Wildman–Crippen LogP) is 7.33. The van der Waals surface area contributed by atoms with Crippen LogP contribution in [0.3, 0.4) is 0 Å². The fourth-order valence-corrected chi connectivity index (χ4v) is 7.93. The Labute approximate surface area is 189 Å². The molecule has 168 valence electrons. The lowest BCUT2D eigenvalue weighted by Crippen LogP contribution is -2.65. The second-order valence-corrected chi connectivity index (χ2v) is 11.6. The van der Waals surface area contributed by atoms with Gasteiger partial charge in [0.05, 0.1) is 5.92 Å². The first-order chi connectivity index (χ1) is 14.8. The van der Waals surface area contributed by atoms with Gasteiger partial charge in [-0.25, -0.2) is 0 Å². The summed E-state index contributed by atoms with van der Waals surface area (Å²) in [7, 11) is 0. The molecule has 3 unspecified atom stereocenters. The molecule has 0 heterocycles. The zero-order valence-electron chi connectivity index (χ0n) is 19.8.